The van der Waals surface area contributed by atoms with Crippen molar-refractivity contribution in [2.45, 2.75) is 57.1 Å². The molecular formula is C17H22N2O5. The van der Waals surface area contributed by atoms with Crippen molar-refractivity contribution in [3.63, 3.8) is 0 Å². The first-order chi connectivity index (χ1) is 11.4. The standard InChI is InChI=1S/C17H22N2O5/c1-10-9-12(11-5-4-8-23-11)24-15(21)13(10)14(20)19-17(16(18)22)6-2-3-7-17/h9,11H,2-8H2,1H3,(H2,18,22)(H,19,20). The van der Waals surface area contributed by atoms with E-state index in [9.17, 15) is 14.4 Å². The Kier molecular flexibility index (Phi) is 4.45. The highest BCUT2D eigenvalue weighted by Crippen LogP contribution is 2.31. The van der Waals surface area contributed by atoms with Crippen LogP contribution in [0.5, 0.6) is 0 Å². The summed E-state index contributed by atoms with van der Waals surface area (Å²) >= 11 is 0. The first-order valence-electron chi connectivity index (χ1n) is 8.32. The molecule has 1 saturated heterocycles. The molecule has 0 aromatic carbocycles. The quantitative estimate of drug-likeness (QED) is 0.862. The number of rotatable bonds is 4. The molecule has 1 atom stereocenters. The first-order valence-corrected chi connectivity index (χ1v) is 8.32. The second-order valence-corrected chi connectivity index (χ2v) is 6.60. The first kappa shape index (κ1) is 16.7. The number of primary amides is 1. The van der Waals surface area contributed by atoms with E-state index in [0.717, 1.165) is 25.7 Å². The highest BCUT2D eigenvalue weighted by molar-refractivity contribution is 5.99. The maximum absolute atomic E-state index is 12.6. The summed E-state index contributed by atoms with van der Waals surface area (Å²) in [6.45, 7) is 2.31. The monoisotopic (exact) mass is 334 g/mol. The molecule has 1 aromatic rings. The lowest BCUT2D eigenvalue weighted by Crippen LogP contribution is -2.56. The third-order valence-electron chi connectivity index (χ3n) is 4.92. The lowest BCUT2D eigenvalue weighted by atomic mass is 9.95. The molecule has 7 nitrogen and oxygen atoms in total. The Morgan fingerprint density at radius 3 is 2.54 bits per heavy atom. The molecule has 1 aliphatic carbocycles. The lowest BCUT2D eigenvalue weighted by Gasteiger charge is -2.26. The van der Waals surface area contributed by atoms with Gasteiger partial charge in [-0.1, -0.05) is 12.8 Å². The van der Waals surface area contributed by atoms with Gasteiger partial charge in [0.2, 0.25) is 5.91 Å². The van der Waals surface area contributed by atoms with E-state index in [1.165, 1.54) is 0 Å². The predicted octanol–water partition coefficient (Wildman–Crippen LogP) is 1.33. The minimum Gasteiger partial charge on any atom is -0.424 e. The molecule has 1 aromatic heterocycles. The summed E-state index contributed by atoms with van der Waals surface area (Å²) < 4.78 is 10.8. The van der Waals surface area contributed by atoms with Crippen LogP contribution in [0.1, 0.15) is 66.3 Å². The number of carbonyl (C=O) groups is 2. The molecule has 0 bridgehead atoms. The van der Waals surface area contributed by atoms with Gasteiger partial charge in [0.1, 0.15) is 23.0 Å². The Hall–Kier alpha value is -2.15. The van der Waals surface area contributed by atoms with Gasteiger partial charge in [-0.15, -0.1) is 0 Å². The van der Waals surface area contributed by atoms with E-state index >= 15 is 0 Å². The Morgan fingerprint density at radius 1 is 1.29 bits per heavy atom. The Labute approximate surface area is 139 Å². The molecule has 2 fully saturated rings. The molecule has 1 saturated carbocycles. The molecule has 1 aliphatic heterocycles. The van der Waals surface area contributed by atoms with E-state index in [2.05, 4.69) is 5.32 Å². The average molecular weight is 334 g/mol. The third kappa shape index (κ3) is 2.96. The summed E-state index contributed by atoms with van der Waals surface area (Å²) in [5, 5.41) is 2.67. The van der Waals surface area contributed by atoms with Gasteiger partial charge in [0.15, 0.2) is 0 Å². The van der Waals surface area contributed by atoms with E-state index in [0.29, 0.717) is 30.8 Å². The lowest BCUT2D eigenvalue weighted by molar-refractivity contribution is -0.123. The zero-order chi connectivity index (χ0) is 17.3. The molecule has 24 heavy (non-hydrogen) atoms. The van der Waals surface area contributed by atoms with Crippen molar-refractivity contribution in [1.82, 2.24) is 5.32 Å². The van der Waals surface area contributed by atoms with E-state index < -0.39 is 23.0 Å². The SMILES string of the molecule is Cc1cc(C2CCCO2)oc(=O)c1C(=O)NC1(C(N)=O)CCCC1. The Morgan fingerprint density at radius 2 is 2.00 bits per heavy atom. The molecule has 2 amide bonds. The number of carbonyl (C=O) groups excluding carboxylic acids is 2. The molecular weight excluding hydrogens is 312 g/mol. The molecule has 7 heteroatoms. The van der Waals surface area contributed by atoms with Crippen molar-refractivity contribution in [2.75, 3.05) is 6.61 Å². The summed E-state index contributed by atoms with van der Waals surface area (Å²) in [7, 11) is 0. The Balaban J connectivity index is 1.87. The number of amides is 2. The highest BCUT2D eigenvalue weighted by atomic mass is 16.5. The summed E-state index contributed by atoms with van der Waals surface area (Å²) in [5.74, 6) is -0.732. The van der Waals surface area contributed by atoms with Crippen molar-refractivity contribution >= 4 is 11.8 Å². The second-order valence-electron chi connectivity index (χ2n) is 6.60. The maximum Gasteiger partial charge on any atom is 0.349 e. The molecule has 0 spiro atoms. The molecule has 2 heterocycles. The van der Waals surface area contributed by atoms with Gasteiger partial charge >= 0.3 is 5.63 Å². The van der Waals surface area contributed by atoms with Crippen LogP contribution >= 0.6 is 0 Å². The largest absolute Gasteiger partial charge is 0.424 e. The van der Waals surface area contributed by atoms with Crippen molar-refractivity contribution < 1.29 is 18.7 Å². The molecule has 3 N–H and O–H groups in total. The van der Waals surface area contributed by atoms with Gasteiger partial charge in [-0.2, -0.15) is 0 Å². The van der Waals surface area contributed by atoms with Gasteiger partial charge in [-0.05, 0) is 44.2 Å². The summed E-state index contributed by atoms with van der Waals surface area (Å²) in [4.78, 5) is 36.7. The van der Waals surface area contributed by atoms with Crippen LogP contribution in [0.2, 0.25) is 0 Å². The fourth-order valence-electron chi connectivity index (χ4n) is 3.56. The molecule has 0 radical (unpaired) electrons. The fraction of sp³-hybridized carbons (Fsp3) is 0.588. The topological polar surface area (TPSA) is 112 Å². The minimum absolute atomic E-state index is 0.0794. The number of hydrogen-bond acceptors (Lipinski definition) is 5. The minimum atomic E-state index is -1.07. The summed E-state index contributed by atoms with van der Waals surface area (Å²) in [5.41, 5.74) is 4.12. The van der Waals surface area contributed by atoms with Crippen LogP contribution in [0.15, 0.2) is 15.3 Å². The van der Waals surface area contributed by atoms with Crippen LogP contribution in [0.25, 0.3) is 0 Å². The normalized spacial score (nSPS) is 22.5. The Bertz CT molecular complexity index is 712. The van der Waals surface area contributed by atoms with Crippen LogP contribution in [0.4, 0.5) is 0 Å². The van der Waals surface area contributed by atoms with Crippen molar-refractivity contribution in [3.8, 4) is 0 Å². The van der Waals surface area contributed by atoms with Crippen molar-refractivity contribution in [1.29, 1.82) is 0 Å². The predicted molar refractivity (Wildman–Crippen MR) is 85.5 cm³/mol. The number of nitrogens with one attached hydrogen (secondary N) is 1. The molecule has 130 valence electrons. The highest BCUT2D eigenvalue weighted by Gasteiger charge is 2.41. The van der Waals surface area contributed by atoms with E-state index in [4.69, 9.17) is 14.9 Å². The molecule has 1 unspecified atom stereocenters. The average Bonchev–Trinajstić information content (AvgIpc) is 3.18. The second kappa shape index (κ2) is 6.39. The zero-order valence-corrected chi connectivity index (χ0v) is 13.7. The smallest absolute Gasteiger partial charge is 0.349 e. The number of ether oxygens (including phenoxy) is 1. The zero-order valence-electron chi connectivity index (χ0n) is 13.7. The summed E-state index contributed by atoms with van der Waals surface area (Å²) in [6, 6.07) is 1.66. The third-order valence-corrected chi connectivity index (χ3v) is 4.92. The molecule has 3 rings (SSSR count). The van der Waals surface area contributed by atoms with Gasteiger partial charge in [-0.25, -0.2) is 4.79 Å². The van der Waals surface area contributed by atoms with E-state index in [1.54, 1.807) is 13.0 Å². The van der Waals surface area contributed by atoms with Gasteiger partial charge in [0, 0.05) is 6.61 Å². The number of aryl methyl sites for hydroxylation is 1. The van der Waals surface area contributed by atoms with Crippen LogP contribution in [-0.2, 0) is 9.53 Å². The number of nitrogens with two attached hydrogens (primary N) is 1. The van der Waals surface area contributed by atoms with Crippen LogP contribution in [-0.4, -0.2) is 24.0 Å². The summed E-state index contributed by atoms with van der Waals surface area (Å²) in [6.07, 6.45) is 4.08. The maximum atomic E-state index is 12.6. The van der Waals surface area contributed by atoms with Crippen LogP contribution in [0, 0.1) is 6.92 Å². The number of hydrogen-bond donors (Lipinski definition) is 2. The molecule has 2 aliphatic rings. The van der Waals surface area contributed by atoms with E-state index in [1.807, 2.05) is 0 Å². The fourth-order valence-corrected chi connectivity index (χ4v) is 3.56. The van der Waals surface area contributed by atoms with Gasteiger partial charge in [0.05, 0.1) is 0 Å². The van der Waals surface area contributed by atoms with Crippen LogP contribution in [0.3, 0.4) is 0 Å². The van der Waals surface area contributed by atoms with E-state index in [-0.39, 0.29) is 11.7 Å². The van der Waals surface area contributed by atoms with Gasteiger partial charge < -0.3 is 20.2 Å². The van der Waals surface area contributed by atoms with Gasteiger partial charge in [-0.3, -0.25) is 9.59 Å². The van der Waals surface area contributed by atoms with Crippen molar-refractivity contribution in [3.05, 3.63) is 33.4 Å². The van der Waals surface area contributed by atoms with Crippen LogP contribution < -0.4 is 16.7 Å². The van der Waals surface area contributed by atoms with Crippen molar-refractivity contribution in [2.24, 2.45) is 5.73 Å². The van der Waals surface area contributed by atoms with Gasteiger partial charge in [0.25, 0.3) is 5.91 Å².